The molecule has 0 saturated heterocycles. The first-order valence-electron chi connectivity index (χ1n) is 9.00. The third-order valence-electron chi connectivity index (χ3n) is 4.42. The normalized spacial score (nSPS) is 10.7. The minimum Gasteiger partial charge on any atom is -0.331 e. The lowest BCUT2D eigenvalue weighted by atomic mass is 10.1. The number of nitrogens with one attached hydrogen (secondary N) is 1. The number of carbonyl (C=O) groups excluding carboxylic acids is 1. The molecule has 134 valence electrons. The third-order valence-corrected chi connectivity index (χ3v) is 4.42. The quantitative estimate of drug-likeness (QED) is 0.695. The van der Waals surface area contributed by atoms with Gasteiger partial charge in [-0.2, -0.15) is 5.10 Å². The van der Waals surface area contributed by atoms with Gasteiger partial charge in [-0.3, -0.25) is 14.9 Å². The number of nitrogens with zero attached hydrogens (tertiary/aromatic N) is 3. The lowest BCUT2D eigenvalue weighted by molar-refractivity contribution is 0.0732. The van der Waals surface area contributed by atoms with Crippen molar-refractivity contribution >= 4 is 5.91 Å². The molecule has 3 rings (SSSR count). The van der Waals surface area contributed by atoms with Gasteiger partial charge in [-0.25, -0.2) is 0 Å². The topological polar surface area (TPSA) is 61.9 Å². The molecule has 1 N–H and O–H groups in total. The fourth-order valence-electron chi connectivity index (χ4n) is 2.93. The van der Waals surface area contributed by atoms with Crippen molar-refractivity contribution < 1.29 is 4.79 Å². The molecule has 0 unspecified atom stereocenters. The summed E-state index contributed by atoms with van der Waals surface area (Å²) in [6.07, 6.45) is 3.74. The SMILES string of the molecule is CCCCN(Cc1ccccn1)C(=O)c1[nH]nc(-c2ccccc2)c1C. The molecular formula is C21H24N4O. The Bertz CT molecular complexity index is 843. The van der Waals surface area contributed by atoms with Gasteiger partial charge in [0.15, 0.2) is 0 Å². The van der Waals surface area contributed by atoms with Crippen molar-refractivity contribution in [3.05, 3.63) is 71.7 Å². The predicted molar refractivity (Wildman–Crippen MR) is 103 cm³/mol. The van der Waals surface area contributed by atoms with Crippen molar-refractivity contribution in [2.24, 2.45) is 0 Å². The van der Waals surface area contributed by atoms with Crippen LogP contribution in [0.2, 0.25) is 0 Å². The number of H-pyrrole nitrogens is 1. The first-order chi connectivity index (χ1) is 12.7. The van der Waals surface area contributed by atoms with E-state index in [1.165, 1.54) is 0 Å². The number of aromatic nitrogens is 3. The van der Waals surface area contributed by atoms with Gasteiger partial charge in [-0.1, -0.05) is 49.7 Å². The van der Waals surface area contributed by atoms with E-state index in [0.29, 0.717) is 18.8 Å². The summed E-state index contributed by atoms with van der Waals surface area (Å²) in [7, 11) is 0. The maximum atomic E-state index is 13.1. The Balaban J connectivity index is 1.86. The summed E-state index contributed by atoms with van der Waals surface area (Å²) < 4.78 is 0. The fraction of sp³-hybridized carbons (Fsp3) is 0.286. The average Bonchev–Trinajstić information content (AvgIpc) is 3.07. The molecule has 1 amide bonds. The van der Waals surface area contributed by atoms with Crippen molar-refractivity contribution in [1.29, 1.82) is 0 Å². The summed E-state index contributed by atoms with van der Waals surface area (Å²) in [5.74, 6) is -0.0312. The molecule has 0 radical (unpaired) electrons. The summed E-state index contributed by atoms with van der Waals surface area (Å²) in [5.41, 5.74) is 4.14. The number of pyridine rings is 1. The number of rotatable bonds is 7. The van der Waals surface area contributed by atoms with Gasteiger partial charge in [-0.05, 0) is 25.5 Å². The largest absolute Gasteiger partial charge is 0.331 e. The Morgan fingerprint density at radius 1 is 1.12 bits per heavy atom. The van der Waals surface area contributed by atoms with Crippen LogP contribution in [0, 0.1) is 6.92 Å². The molecule has 0 spiro atoms. The number of unbranched alkanes of at least 4 members (excludes halogenated alkanes) is 1. The third kappa shape index (κ3) is 3.99. The molecule has 0 bridgehead atoms. The summed E-state index contributed by atoms with van der Waals surface area (Å²) in [5, 5.41) is 7.34. The number of benzene rings is 1. The molecule has 0 aliphatic carbocycles. The minimum atomic E-state index is -0.0312. The lowest BCUT2D eigenvalue weighted by Crippen LogP contribution is -2.32. The van der Waals surface area contributed by atoms with E-state index in [2.05, 4.69) is 22.1 Å². The molecule has 2 heterocycles. The molecule has 5 nitrogen and oxygen atoms in total. The van der Waals surface area contributed by atoms with Crippen molar-refractivity contribution in [2.75, 3.05) is 6.54 Å². The Hall–Kier alpha value is -2.95. The van der Waals surface area contributed by atoms with Crippen LogP contribution in [-0.4, -0.2) is 32.5 Å². The van der Waals surface area contributed by atoms with Crippen molar-refractivity contribution in [3.8, 4) is 11.3 Å². The molecule has 0 atom stereocenters. The smallest absolute Gasteiger partial charge is 0.272 e. The van der Waals surface area contributed by atoms with Gasteiger partial charge < -0.3 is 4.90 Å². The number of hydrogen-bond acceptors (Lipinski definition) is 3. The van der Waals surface area contributed by atoms with Crippen LogP contribution in [-0.2, 0) is 6.54 Å². The maximum absolute atomic E-state index is 13.1. The molecule has 0 aliphatic heterocycles. The van der Waals surface area contributed by atoms with E-state index >= 15 is 0 Å². The first-order valence-corrected chi connectivity index (χ1v) is 9.00. The second-order valence-electron chi connectivity index (χ2n) is 6.34. The molecule has 3 aromatic rings. The van der Waals surface area contributed by atoms with E-state index in [1.807, 2.05) is 60.4 Å². The summed E-state index contributed by atoms with van der Waals surface area (Å²) in [6, 6.07) is 15.7. The average molecular weight is 348 g/mol. The van der Waals surface area contributed by atoms with E-state index in [4.69, 9.17) is 0 Å². The fourth-order valence-corrected chi connectivity index (χ4v) is 2.93. The van der Waals surface area contributed by atoms with Crippen molar-refractivity contribution in [1.82, 2.24) is 20.1 Å². The highest BCUT2D eigenvalue weighted by atomic mass is 16.2. The summed E-state index contributed by atoms with van der Waals surface area (Å²) >= 11 is 0. The predicted octanol–water partition coefficient (Wildman–Crippen LogP) is 4.22. The lowest BCUT2D eigenvalue weighted by Gasteiger charge is -2.22. The van der Waals surface area contributed by atoms with Crippen molar-refractivity contribution in [3.63, 3.8) is 0 Å². The number of hydrogen-bond donors (Lipinski definition) is 1. The first kappa shape index (κ1) is 17.9. The highest BCUT2D eigenvalue weighted by Gasteiger charge is 2.22. The molecule has 0 fully saturated rings. The Labute approximate surface area is 154 Å². The van der Waals surface area contributed by atoms with Crippen LogP contribution in [0.4, 0.5) is 0 Å². The van der Waals surface area contributed by atoms with Crippen LogP contribution in [0.15, 0.2) is 54.7 Å². The molecule has 0 aliphatic rings. The Morgan fingerprint density at radius 3 is 2.58 bits per heavy atom. The molecule has 0 saturated carbocycles. The Morgan fingerprint density at radius 2 is 1.88 bits per heavy atom. The maximum Gasteiger partial charge on any atom is 0.272 e. The molecular weight excluding hydrogens is 324 g/mol. The van der Waals surface area contributed by atoms with Gasteiger partial charge in [0, 0.05) is 23.9 Å². The van der Waals surface area contributed by atoms with E-state index in [-0.39, 0.29) is 5.91 Å². The highest BCUT2D eigenvalue weighted by Crippen LogP contribution is 2.24. The summed E-state index contributed by atoms with van der Waals surface area (Å²) in [4.78, 5) is 19.4. The van der Waals surface area contributed by atoms with E-state index in [9.17, 15) is 4.79 Å². The zero-order valence-electron chi connectivity index (χ0n) is 15.3. The van der Waals surface area contributed by atoms with Crippen LogP contribution < -0.4 is 0 Å². The van der Waals surface area contributed by atoms with Crippen LogP contribution in [0.25, 0.3) is 11.3 Å². The molecule has 5 heteroatoms. The van der Waals surface area contributed by atoms with Crippen LogP contribution >= 0.6 is 0 Å². The number of carbonyl (C=O) groups is 1. The molecule has 26 heavy (non-hydrogen) atoms. The zero-order valence-corrected chi connectivity index (χ0v) is 15.3. The van der Waals surface area contributed by atoms with E-state index in [1.54, 1.807) is 6.20 Å². The second-order valence-corrected chi connectivity index (χ2v) is 6.34. The van der Waals surface area contributed by atoms with Gasteiger partial charge in [0.05, 0.1) is 17.9 Å². The van der Waals surface area contributed by atoms with Crippen LogP contribution in [0.5, 0.6) is 0 Å². The second kappa shape index (κ2) is 8.43. The van der Waals surface area contributed by atoms with E-state index < -0.39 is 0 Å². The molecule has 2 aromatic heterocycles. The highest BCUT2D eigenvalue weighted by molar-refractivity contribution is 5.95. The van der Waals surface area contributed by atoms with Gasteiger partial charge in [0.25, 0.3) is 5.91 Å². The van der Waals surface area contributed by atoms with Gasteiger partial charge >= 0.3 is 0 Å². The zero-order chi connectivity index (χ0) is 18.4. The number of aromatic amines is 1. The summed E-state index contributed by atoms with van der Waals surface area (Å²) in [6.45, 7) is 5.26. The van der Waals surface area contributed by atoms with Crippen LogP contribution in [0.1, 0.15) is 41.5 Å². The van der Waals surface area contributed by atoms with Gasteiger partial charge in [-0.15, -0.1) is 0 Å². The van der Waals surface area contributed by atoms with E-state index in [0.717, 1.165) is 35.4 Å². The molecule has 1 aromatic carbocycles. The van der Waals surface area contributed by atoms with Gasteiger partial charge in [0.2, 0.25) is 0 Å². The number of amides is 1. The minimum absolute atomic E-state index is 0.0312. The van der Waals surface area contributed by atoms with Crippen molar-refractivity contribution in [2.45, 2.75) is 33.2 Å². The van der Waals surface area contributed by atoms with Crippen LogP contribution in [0.3, 0.4) is 0 Å². The standard InChI is InChI=1S/C21H24N4O/c1-3-4-14-25(15-18-12-8-9-13-22-18)21(26)20-16(2)19(23-24-20)17-10-6-5-7-11-17/h5-13H,3-4,14-15H2,1-2H3,(H,23,24). The Kier molecular flexibility index (Phi) is 5.79. The van der Waals surface area contributed by atoms with Gasteiger partial charge in [0.1, 0.15) is 5.69 Å². The monoisotopic (exact) mass is 348 g/mol.